The van der Waals surface area contributed by atoms with Crippen LogP contribution in [0.1, 0.15) is 96.9 Å². The van der Waals surface area contributed by atoms with E-state index in [2.05, 4.69) is 109 Å². The Morgan fingerprint density at radius 3 is 1.66 bits per heavy atom. The van der Waals surface area contributed by atoms with Crippen LogP contribution in [0.25, 0.3) is 0 Å². The Morgan fingerprint density at radius 2 is 1.10 bits per heavy atom. The largest absolute Gasteiger partial charge is 0.440 e. The second-order valence-corrected chi connectivity index (χ2v) is 17.8. The van der Waals surface area contributed by atoms with Gasteiger partial charge in [0.25, 0.3) is 6.71 Å². The number of aromatic nitrogens is 2. The highest BCUT2D eigenvalue weighted by molar-refractivity contribution is 6.98. The monoisotopic (exact) mass is 659 g/mol. The zero-order valence-corrected chi connectivity index (χ0v) is 30.6. The molecule has 4 aliphatic rings. The zero-order chi connectivity index (χ0) is 34.8. The predicted octanol–water partition coefficient (Wildman–Crippen LogP) is 9.27. The summed E-state index contributed by atoms with van der Waals surface area (Å²) in [7, 11) is 0. The topological polar surface area (TPSA) is 47.5 Å². The third kappa shape index (κ3) is 4.81. The highest BCUT2D eigenvalue weighted by Crippen LogP contribution is 2.50. The third-order valence-corrected chi connectivity index (χ3v) is 12.0. The Bertz CT molecular complexity index is 2150. The molecule has 0 unspecified atom stereocenters. The number of fused-ring (bicyclic) bond motifs is 6. The van der Waals surface area contributed by atoms with Gasteiger partial charge in [-0.25, -0.2) is 0 Å². The summed E-state index contributed by atoms with van der Waals surface area (Å²) in [6, 6.07) is 30.1. The first-order chi connectivity index (χ1) is 23.7. The molecule has 252 valence electrons. The summed E-state index contributed by atoms with van der Waals surface area (Å²) in [6.45, 7) is 19.0. The summed E-state index contributed by atoms with van der Waals surface area (Å²) in [5, 5.41) is 0. The minimum atomic E-state index is -0.106. The molecule has 3 heterocycles. The van der Waals surface area contributed by atoms with Crippen molar-refractivity contribution in [3.63, 3.8) is 0 Å². The van der Waals surface area contributed by atoms with Crippen LogP contribution in [0, 0.1) is 5.41 Å². The normalized spacial score (nSPS) is 19.4. The van der Waals surface area contributed by atoms with Crippen LogP contribution in [-0.4, -0.2) is 16.7 Å². The van der Waals surface area contributed by atoms with Crippen molar-refractivity contribution >= 4 is 40.4 Å². The van der Waals surface area contributed by atoms with Crippen LogP contribution in [0.15, 0.2) is 84.9 Å². The summed E-state index contributed by atoms with van der Waals surface area (Å²) < 4.78 is 13.9. The van der Waals surface area contributed by atoms with Crippen molar-refractivity contribution in [3.05, 3.63) is 107 Å². The molecule has 2 aliphatic carbocycles. The number of anilines is 3. The Labute approximate surface area is 297 Å². The zero-order valence-electron chi connectivity index (χ0n) is 30.6. The van der Waals surface area contributed by atoms with Gasteiger partial charge in [0.15, 0.2) is 0 Å². The van der Waals surface area contributed by atoms with Crippen LogP contribution in [-0.2, 0) is 22.7 Å². The van der Waals surface area contributed by atoms with E-state index in [1.165, 1.54) is 33.2 Å². The summed E-state index contributed by atoms with van der Waals surface area (Å²) in [5.41, 5.74) is 11.2. The lowest BCUT2D eigenvalue weighted by Crippen LogP contribution is -2.59. The van der Waals surface area contributed by atoms with E-state index in [9.17, 15) is 0 Å². The van der Waals surface area contributed by atoms with Crippen molar-refractivity contribution in [2.24, 2.45) is 5.41 Å². The van der Waals surface area contributed by atoms with E-state index < -0.39 is 0 Å². The molecule has 0 fully saturated rings. The van der Waals surface area contributed by atoms with Crippen molar-refractivity contribution < 1.29 is 9.47 Å². The molecule has 0 saturated carbocycles. The molecule has 5 aromatic rings. The van der Waals surface area contributed by atoms with Crippen molar-refractivity contribution in [2.45, 2.75) is 97.3 Å². The molecule has 5 nitrogen and oxygen atoms in total. The van der Waals surface area contributed by atoms with E-state index in [0.29, 0.717) is 17.7 Å². The summed E-state index contributed by atoms with van der Waals surface area (Å²) in [6.07, 6.45) is 4.45. The van der Waals surface area contributed by atoms with E-state index in [1.807, 2.05) is 36.4 Å². The Balaban J connectivity index is 1.31. The van der Waals surface area contributed by atoms with Gasteiger partial charge in [0.05, 0.1) is 5.46 Å². The number of hydrogen-bond donors (Lipinski definition) is 0. The lowest BCUT2D eigenvalue weighted by atomic mass is 9.34. The summed E-state index contributed by atoms with van der Waals surface area (Å²) in [5.74, 6) is 3.43. The van der Waals surface area contributed by atoms with Crippen molar-refractivity contribution in [3.8, 4) is 23.3 Å². The molecule has 6 heteroatoms. The van der Waals surface area contributed by atoms with Crippen LogP contribution < -0.4 is 30.8 Å². The highest BCUT2D eigenvalue weighted by atomic mass is 16.5. The van der Waals surface area contributed by atoms with Gasteiger partial charge in [-0.2, -0.15) is 9.97 Å². The van der Waals surface area contributed by atoms with Gasteiger partial charge in [-0.15, -0.1) is 0 Å². The first kappa shape index (κ1) is 31.4. The summed E-state index contributed by atoms with van der Waals surface area (Å²) in [4.78, 5) is 12.6. The SMILES string of the molecule is CC1(C)Cc2cc3c(cc2C(C)(C)C1)B1c2cc4c(cc2Oc2nc(N(c5ccccc5)c5ccccc5)nc(c21)O3)C(C)(C)CCC4(C)C. The van der Waals surface area contributed by atoms with E-state index in [1.54, 1.807) is 0 Å². The van der Waals surface area contributed by atoms with E-state index in [-0.39, 0.29) is 28.4 Å². The number of benzene rings is 4. The molecule has 0 N–H and O–H groups in total. The fourth-order valence-electron chi connectivity index (χ4n) is 9.67. The molecule has 0 spiro atoms. The lowest BCUT2D eigenvalue weighted by molar-refractivity contribution is 0.231. The van der Waals surface area contributed by atoms with Gasteiger partial charge in [-0.05, 0) is 117 Å². The standard InChI is InChI=1S/C44H46BN3O2/c1-41(2)25-27-21-35-33(22-30(27)44(7,8)26-41)45-34-23-31-32(43(5,6)20-19-42(31,3)4)24-36(34)50-39-37(45)38(49-35)46-40(47-39)48(28-15-11-9-12-16-28)29-17-13-10-14-18-29/h9-18,21-24H,19-20,25-26H2,1-8H3. The van der Waals surface area contributed by atoms with Gasteiger partial charge in [0, 0.05) is 11.4 Å². The van der Waals surface area contributed by atoms with Crippen molar-refractivity contribution in [1.29, 1.82) is 0 Å². The Morgan fingerprint density at radius 1 is 0.600 bits per heavy atom. The van der Waals surface area contributed by atoms with Crippen LogP contribution in [0.5, 0.6) is 23.3 Å². The molecule has 4 aromatic carbocycles. The van der Waals surface area contributed by atoms with Crippen LogP contribution >= 0.6 is 0 Å². The molecule has 9 rings (SSSR count). The number of nitrogens with zero attached hydrogens (tertiary/aromatic N) is 3. The second kappa shape index (κ2) is 10.5. The smallest absolute Gasteiger partial charge is 0.265 e. The maximum atomic E-state index is 6.95. The summed E-state index contributed by atoms with van der Waals surface area (Å²) >= 11 is 0. The molecule has 0 amide bonds. The number of ether oxygens (including phenoxy) is 2. The van der Waals surface area contributed by atoms with Gasteiger partial charge in [0.1, 0.15) is 11.5 Å². The van der Waals surface area contributed by atoms with E-state index in [4.69, 9.17) is 19.4 Å². The van der Waals surface area contributed by atoms with E-state index in [0.717, 1.165) is 54.0 Å². The molecule has 1 aromatic heterocycles. The fraction of sp³-hybridized carbons (Fsp3) is 0.364. The molecular weight excluding hydrogens is 613 g/mol. The highest BCUT2D eigenvalue weighted by Gasteiger charge is 2.47. The predicted molar refractivity (Wildman–Crippen MR) is 205 cm³/mol. The third-order valence-electron chi connectivity index (χ3n) is 12.0. The molecule has 0 radical (unpaired) electrons. The quantitative estimate of drug-likeness (QED) is 0.177. The average Bonchev–Trinajstić information content (AvgIpc) is 3.06. The molecule has 50 heavy (non-hydrogen) atoms. The Kier molecular flexibility index (Phi) is 6.58. The molecule has 0 saturated heterocycles. The maximum absolute atomic E-state index is 6.95. The van der Waals surface area contributed by atoms with Gasteiger partial charge in [-0.1, -0.05) is 104 Å². The molecule has 2 aliphatic heterocycles. The average molecular weight is 660 g/mol. The number of para-hydroxylation sites is 2. The van der Waals surface area contributed by atoms with E-state index >= 15 is 0 Å². The van der Waals surface area contributed by atoms with Crippen molar-refractivity contribution in [1.82, 2.24) is 9.97 Å². The first-order valence-electron chi connectivity index (χ1n) is 18.2. The molecule has 0 bridgehead atoms. The van der Waals surface area contributed by atoms with Crippen molar-refractivity contribution in [2.75, 3.05) is 4.90 Å². The van der Waals surface area contributed by atoms with Gasteiger partial charge >= 0.3 is 0 Å². The second-order valence-electron chi connectivity index (χ2n) is 17.8. The minimum Gasteiger partial charge on any atom is -0.440 e. The number of rotatable bonds is 3. The first-order valence-corrected chi connectivity index (χ1v) is 18.2. The van der Waals surface area contributed by atoms with Gasteiger partial charge < -0.3 is 9.47 Å². The van der Waals surface area contributed by atoms with Crippen LogP contribution in [0.2, 0.25) is 0 Å². The number of hydrogen-bond acceptors (Lipinski definition) is 5. The fourth-order valence-corrected chi connectivity index (χ4v) is 9.67. The van der Waals surface area contributed by atoms with Crippen LogP contribution in [0.3, 0.4) is 0 Å². The lowest BCUT2D eigenvalue weighted by Gasteiger charge is -2.44. The maximum Gasteiger partial charge on any atom is 0.265 e. The molecule has 0 atom stereocenters. The van der Waals surface area contributed by atoms with Gasteiger partial charge in [0.2, 0.25) is 17.7 Å². The van der Waals surface area contributed by atoms with Gasteiger partial charge in [-0.3, -0.25) is 4.90 Å². The molecular formula is C44H46BN3O2. The Hall–Kier alpha value is -4.58. The minimum absolute atomic E-state index is 0.0390. The van der Waals surface area contributed by atoms with Crippen LogP contribution in [0.4, 0.5) is 17.3 Å².